The monoisotopic (exact) mass is 286 g/mol. The van der Waals surface area contributed by atoms with Crippen LogP contribution in [-0.4, -0.2) is 11.5 Å². The van der Waals surface area contributed by atoms with Crippen molar-refractivity contribution in [3.05, 3.63) is 53.3 Å². The van der Waals surface area contributed by atoms with E-state index in [1.54, 1.807) is 0 Å². The van der Waals surface area contributed by atoms with Crippen LogP contribution in [0.15, 0.2) is 41.4 Å². The first kappa shape index (κ1) is 14.9. The highest BCUT2D eigenvalue weighted by Gasteiger charge is 2.02. The van der Waals surface area contributed by atoms with E-state index in [0.29, 0.717) is 0 Å². The third kappa shape index (κ3) is 4.27. The molecule has 0 bridgehead atoms. The number of hydrogen-bond acceptors (Lipinski definition) is 3. The molecule has 0 atom stereocenters. The predicted molar refractivity (Wildman–Crippen MR) is 88.5 cm³/mol. The van der Waals surface area contributed by atoms with E-state index in [9.17, 15) is 0 Å². The van der Waals surface area contributed by atoms with Crippen LogP contribution >= 0.6 is 11.8 Å². The van der Waals surface area contributed by atoms with Gasteiger partial charge in [0.1, 0.15) is 0 Å². The Morgan fingerprint density at radius 1 is 1.15 bits per heavy atom. The second-order valence-corrected chi connectivity index (χ2v) is 6.04. The fraction of sp³-hybridized carbons (Fsp3) is 0.353. The zero-order valence-electron chi connectivity index (χ0n) is 12.4. The van der Waals surface area contributed by atoms with Gasteiger partial charge in [0, 0.05) is 29.1 Å². The highest BCUT2D eigenvalue weighted by Crippen LogP contribution is 2.26. The molecule has 0 spiro atoms. The van der Waals surface area contributed by atoms with Gasteiger partial charge in [0.2, 0.25) is 0 Å². The lowest BCUT2D eigenvalue weighted by atomic mass is 10.2. The van der Waals surface area contributed by atoms with E-state index in [0.717, 1.165) is 30.1 Å². The number of hydrogen-bond donors (Lipinski definition) is 1. The van der Waals surface area contributed by atoms with Crippen molar-refractivity contribution in [1.82, 2.24) is 4.98 Å². The van der Waals surface area contributed by atoms with Gasteiger partial charge in [-0.1, -0.05) is 24.6 Å². The van der Waals surface area contributed by atoms with Gasteiger partial charge in [-0.05, 0) is 44.0 Å². The third-order valence-corrected chi connectivity index (χ3v) is 4.31. The van der Waals surface area contributed by atoms with Crippen LogP contribution in [0, 0.1) is 13.8 Å². The van der Waals surface area contributed by atoms with Crippen molar-refractivity contribution < 1.29 is 0 Å². The fourth-order valence-electron chi connectivity index (χ4n) is 2.05. The van der Waals surface area contributed by atoms with Gasteiger partial charge < -0.3 is 5.32 Å². The lowest BCUT2D eigenvalue weighted by Crippen LogP contribution is -2.00. The van der Waals surface area contributed by atoms with Crippen molar-refractivity contribution in [2.45, 2.75) is 37.8 Å². The summed E-state index contributed by atoms with van der Waals surface area (Å²) in [6, 6.07) is 10.8. The minimum Gasteiger partial charge on any atom is -0.385 e. The summed E-state index contributed by atoms with van der Waals surface area (Å²) in [4.78, 5) is 5.79. The Morgan fingerprint density at radius 3 is 2.75 bits per heavy atom. The van der Waals surface area contributed by atoms with Gasteiger partial charge >= 0.3 is 0 Å². The topological polar surface area (TPSA) is 24.9 Å². The normalized spacial score (nSPS) is 10.6. The smallest absolute Gasteiger partial charge is 0.0526 e. The molecule has 0 aliphatic carbocycles. The molecule has 0 aliphatic heterocycles. The average Bonchev–Trinajstić information content (AvgIpc) is 2.45. The van der Waals surface area contributed by atoms with Crippen LogP contribution in [-0.2, 0) is 5.75 Å². The molecule has 3 heteroatoms. The molecule has 2 nitrogen and oxygen atoms in total. The van der Waals surface area contributed by atoms with Crippen molar-refractivity contribution in [3.63, 3.8) is 0 Å². The van der Waals surface area contributed by atoms with Gasteiger partial charge in [-0.25, -0.2) is 0 Å². The Labute approximate surface area is 126 Å². The van der Waals surface area contributed by atoms with E-state index in [-0.39, 0.29) is 0 Å². The van der Waals surface area contributed by atoms with E-state index < -0.39 is 0 Å². The highest BCUT2D eigenvalue weighted by molar-refractivity contribution is 7.98. The number of thioether (sulfide) groups is 1. The number of rotatable bonds is 6. The van der Waals surface area contributed by atoms with E-state index in [1.807, 2.05) is 24.0 Å². The zero-order valence-corrected chi connectivity index (χ0v) is 13.3. The minimum atomic E-state index is 0.908. The van der Waals surface area contributed by atoms with Crippen molar-refractivity contribution >= 4 is 17.4 Å². The van der Waals surface area contributed by atoms with Crippen LogP contribution < -0.4 is 5.32 Å². The number of aromatic nitrogens is 1. The van der Waals surface area contributed by atoms with Gasteiger partial charge in [0.25, 0.3) is 0 Å². The molecule has 20 heavy (non-hydrogen) atoms. The van der Waals surface area contributed by atoms with Gasteiger partial charge in [0.05, 0.1) is 5.69 Å². The first-order chi connectivity index (χ1) is 9.69. The quantitative estimate of drug-likeness (QED) is 0.771. The van der Waals surface area contributed by atoms with Crippen LogP contribution in [0.1, 0.15) is 30.2 Å². The van der Waals surface area contributed by atoms with Gasteiger partial charge in [-0.3, -0.25) is 4.98 Å². The summed E-state index contributed by atoms with van der Waals surface area (Å²) in [6.45, 7) is 7.48. The SMILES string of the molecule is CCCNc1ccnc(CSc2ccc(C)cc2C)c1. The number of nitrogens with one attached hydrogen (secondary N) is 1. The highest BCUT2D eigenvalue weighted by atomic mass is 32.2. The molecule has 1 N–H and O–H groups in total. The summed E-state index contributed by atoms with van der Waals surface area (Å²) in [5.41, 5.74) is 4.94. The first-order valence-electron chi connectivity index (χ1n) is 7.08. The maximum absolute atomic E-state index is 4.45. The van der Waals surface area contributed by atoms with Gasteiger partial charge in [0.15, 0.2) is 0 Å². The van der Waals surface area contributed by atoms with E-state index in [1.165, 1.54) is 16.0 Å². The molecule has 0 amide bonds. The summed E-state index contributed by atoms with van der Waals surface area (Å²) in [7, 11) is 0. The van der Waals surface area contributed by atoms with E-state index >= 15 is 0 Å². The fourth-order valence-corrected chi connectivity index (χ4v) is 2.96. The van der Waals surface area contributed by atoms with Gasteiger partial charge in [-0.2, -0.15) is 0 Å². The average molecular weight is 286 g/mol. The minimum absolute atomic E-state index is 0.908. The Hall–Kier alpha value is -1.48. The number of pyridine rings is 1. The molecule has 1 heterocycles. The standard InChI is InChI=1S/C17H22N2S/c1-4-8-18-15-7-9-19-16(11-15)12-20-17-6-5-13(2)10-14(17)3/h5-7,9-11H,4,8,12H2,1-3H3,(H,18,19). The van der Waals surface area contributed by atoms with Crippen molar-refractivity contribution in [2.24, 2.45) is 0 Å². The predicted octanol–water partition coefficient (Wildman–Crippen LogP) is 4.81. The summed E-state index contributed by atoms with van der Waals surface area (Å²) in [5, 5.41) is 3.40. The number of nitrogens with zero attached hydrogens (tertiary/aromatic N) is 1. The molecule has 1 aromatic carbocycles. The van der Waals surface area contributed by atoms with Gasteiger partial charge in [-0.15, -0.1) is 11.8 Å². The molecule has 0 aliphatic rings. The first-order valence-corrected chi connectivity index (χ1v) is 8.06. The summed E-state index contributed by atoms with van der Waals surface area (Å²) in [5.74, 6) is 0.908. The molecule has 106 valence electrons. The Kier molecular flexibility index (Phi) is 5.48. The molecule has 1 aromatic heterocycles. The second kappa shape index (κ2) is 7.34. The lowest BCUT2D eigenvalue weighted by molar-refractivity contribution is 0.977. The Balaban J connectivity index is 1.99. The lowest BCUT2D eigenvalue weighted by Gasteiger charge is -2.08. The molecule has 0 unspecified atom stereocenters. The molecule has 0 fully saturated rings. The van der Waals surface area contributed by atoms with Crippen molar-refractivity contribution in [3.8, 4) is 0 Å². The summed E-state index contributed by atoms with van der Waals surface area (Å²) >= 11 is 1.85. The van der Waals surface area contributed by atoms with Crippen LogP contribution in [0.25, 0.3) is 0 Å². The summed E-state index contributed by atoms with van der Waals surface area (Å²) < 4.78 is 0. The molecule has 2 aromatic rings. The van der Waals surface area contributed by atoms with Crippen LogP contribution in [0.5, 0.6) is 0 Å². The Bertz CT molecular complexity index is 567. The van der Waals surface area contributed by atoms with Crippen LogP contribution in [0.2, 0.25) is 0 Å². The number of benzene rings is 1. The zero-order chi connectivity index (χ0) is 14.4. The molecular weight excluding hydrogens is 264 g/mol. The van der Waals surface area contributed by atoms with E-state index in [4.69, 9.17) is 0 Å². The summed E-state index contributed by atoms with van der Waals surface area (Å²) in [6.07, 6.45) is 3.02. The third-order valence-electron chi connectivity index (χ3n) is 3.10. The maximum Gasteiger partial charge on any atom is 0.0526 e. The largest absolute Gasteiger partial charge is 0.385 e. The number of aryl methyl sites for hydroxylation is 2. The number of anilines is 1. The van der Waals surface area contributed by atoms with Crippen molar-refractivity contribution in [2.75, 3.05) is 11.9 Å². The van der Waals surface area contributed by atoms with E-state index in [2.05, 4.69) is 55.3 Å². The maximum atomic E-state index is 4.45. The van der Waals surface area contributed by atoms with Crippen LogP contribution in [0.3, 0.4) is 0 Å². The molecule has 0 saturated heterocycles. The second-order valence-electron chi connectivity index (χ2n) is 5.02. The van der Waals surface area contributed by atoms with Crippen molar-refractivity contribution in [1.29, 1.82) is 0 Å². The molecular formula is C17H22N2S. The molecule has 2 rings (SSSR count). The van der Waals surface area contributed by atoms with Crippen LogP contribution in [0.4, 0.5) is 5.69 Å². The molecule has 0 saturated carbocycles. The Morgan fingerprint density at radius 2 is 2.00 bits per heavy atom. The molecule has 0 radical (unpaired) electrons.